The number of anilines is 1. The number of hydrogen-bond acceptors (Lipinski definition) is 2. The molecule has 0 bridgehead atoms. The molecule has 1 aliphatic rings. The lowest BCUT2D eigenvalue weighted by atomic mass is 9.93. The fraction of sp³-hybridized carbons (Fsp3) is 0.571. The first-order valence-corrected chi connectivity index (χ1v) is 7.53. The van der Waals surface area contributed by atoms with Crippen LogP contribution < -0.4 is 10.6 Å². The van der Waals surface area contributed by atoms with E-state index in [1.54, 1.807) is 12.1 Å². The summed E-state index contributed by atoms with van der Waals surface area (Å²) >= 11 is 3.11. The number of benzene rings is 1. The van der Waals surface area contributed by atoms with Gasteiger partial charge in [0, 0.05) is 23.2 Å². The van der Waals surface area contributed by atoms with Gasteiger partial charge >= 0.3 is 6.18 Å². The van der Waals surface area contributed by atoms with Crippen molar-refractivity contribution in [1.29, 1.82) is 0 Å². The Hall–Kier alpha value is -0.750. The molecular weight excluding hydrogens is 333 g/mol. The monoisotopic (exact) mass is 350 g/mol. The summed E-state index contributed by atoms with van der Waals surface area (Å²) < 4.78 is 39.8. The second kappa shape index (κ2) is 6.35. The summed E-state index contributed by atoms with van der Waals surface area (Å²) in [7, 11) is 0. The Morgan fingerprint density at radius 3 is 2.45 bits per heavy atom. The molecule has 2 nitrogen and oxygen atoms in total. The van der Waals surface area contributed by atoms with Crippen molar-refractivity contribution >= 4 is 21.6 Å². The molecule has 0 atom stereocenters. The molecule has 1 aromatic rings. The van der Waals surface area contributed by atoms with Crippen LogP contribution in [0.15, 0.2) is 22.7 Å². The summed E-state index contributed by atoms with van der Waals surface area (Å²) in [4.78, 5) is 1.84. The van der Waals surface area contributed by atoms with E-state index in [0.29, 0.717) is 30.0 Å². The van der Waals surface area contributed by atoms with Gasteiger partial charge in [-0.15, -0.1) is 0 Å². The highest BCUT2D eigenvalue weighted by Crippen LogP contribution is 2.39. The minimum Gasteiger partial charge on any atom is -0.371 e. The fourth-order valence-electron chi connectivity index (χ4n) is 2.71. The van der Waals surface area contributed by atoms with Gasteiger partial charge in [-0.05, 0) is 49.9 Å². The van der Waals surface area contributed by atoms with Crippen molar-refractivity contribution in [3.8, 4) is 0 Å². The van der Waals surface area contributed by atoms with Crippen LogP contribution >= 0.6 is 15.9 Å². The van der Waals surface area contributed by atoms with E-state index in [9.17, 15) is 13.2 Å². The number of rotatable bonds is 3. The van der Waals surface area contributed by atoms with Gasteiger partial charge in [0.15, 0.2) is 0 Å². The summed E-state index contributed by atoms with van der Waals surface area (Å²) in [5.41, 5.74) is 5.25. The average Bonchev–Trinajstić information content (AvgIpc) is 2.39. The molecule has 1 aromatic carbocycles. The maximum atomic E-state index is 13.1. The molecule has 0 unspecified atom stereocenters. The van der Waals surface area contributed by atoms with E-state index in [1.165, 1.54) is 0 Å². The van der Waals surface area contributed by atoms with Crippen LogP contribution in [0.3, 0.4) is 0 Å². The number of nitrogens with two attached hydrogens (primary N) is 1. The van der Waals surface area contributed by atoms with E-state index < -0.39 is 11.7 Å². The molecule has 2 rings (SSSR count). The third-order valence-electron chi connectivity index (χ3n) is 3.79. The summed E-state index contributed by atoms with van der Waals surface area (Å²) in [5, 5.41) is 0. The van der Waals surface area contributed by atoms with Crippen LogP contribution in [0.1, 0.15) is 24.8 Å². The maximum absolute atomic E-state index is 13.1. The second-order valence-electron chi connectivity index (χ2n) is 5.17. The number of hydrogen-bond donors (Lipinski definition) is 1. The van der Waals surface area contributed by atoms with Crippen LogP contribution in [0.2, 0.25) is 0 Å². The summed E-state index contributed by atoms with van der Waals surface area (Å²) in [6.45, 7) is 1.97. The highest BCUT2D eigenvalue weighted by Gasteiger charge is 2.35. The predicted octanol–water partition coefficient (Wildman–Crippen LogP) is 4.03. The van der Waals surface area contributed by atoms with Crippen molar-refractivity contribution in [2.24, 2.45) is 11.7 Å². The third kappa shape index (κ3) is 3.67. The molecule has 0 amide bonds. The van der Waals surface area contributed by atoms with Crippen molar-refractivity contribution in [2.75, 3.05) is 24.5 Å². The van der Waals surface area contributed by atoms with Crippen molar-refractivity contribution in [2.45, 2.75) is 25.4 Å². The van der Waals surface area contributed by atoms with Gasteiger partial charge in [0.05, 0.1) is 5.56 Å². The van der Waals surface area contributed by atoms with Gasteiger partial charge in [0.2, 0.25) is 0 Å². The first-order chi connectivity index (χ1) is 9.41. The summed E-state index contributed by atoms with van der Waals surface area (Å²) in [5.74, 6) is 0.543. The predicted molar refractivity (Wildman–Crippen MR) is 77.8 cm³/mol. The SMILES string of the molecule is NCCC1CCN(c2ccc(Br)cc2C(F)(F)F)CC1. The largest absolute Gasteiger partial charge is 0.418 e. The second-order valence-corrected chi connectivity index (χ2v) is 6.08. The molecule has 6 heteroatoms. The molecule has 0 aromatic heterocycles. The van der Waals surface area contributed by atoms with E-state index in [1.807, 2.05) is 4.90 Å². The minimum atomic E-state index is -4.33. The van der Waals surface area contributed by atoms with E-state index in [-0.39, 0.29) is 5.69 Å². The van der Waals surface area contributed by atoms with Crippen LogP contribution in [0.25, 0.3) is 0 Å². The molecule has 1 heterocycles. The quantitative estimate of drug-likeness (QED) is 0.891. The Balaban J connectivity index is 2.18. The number of alkyl halides is 3. The molecule has 1 aliphatic heterocycles. The van der Waals surface area contributed by atoms with Crippen LogP contribution in [0.4, 0.5) is 18.9 Å². The molecule has 0 radical (unpaired) electrons. The average molecular weight is 351 g/mol. The number of piperidine rings is 1. The van der Waals surface area contributed by atoms with E-state index in [2.05, 4.69) is 15.9 Å². The smallest absolute Gasteiger partial charge is 0.371 e. The molecule has 1 saturated heterocycles. The van der Waals surface area contributed by atoms with Crippen molar-refractivity contribution in [3.63, 3.8) is 0 Å². The lowest BCUT2D eigenvalue weighted by Gasteiger charge is -2.35. The first kappa shape index (κ1) is 15.6. The Morgan fingerprint density at radius 2 is 1.90 bits per heavy atom. The normalized spacial score (nSPS) is 17.6. The van der Waals surface area contributed by atoms with Crippen LogP contribution in [-0.2, 0) is 6.18 Å². The zero-order chi connectivity index (χ0) is 14.8. The molecular formula is C14H18BrF3N2. The lowest BCUT2D eigenvalue weighted by molar-refractivity contribution is -0.137. The Kier molecular flexibility index (Phi) is 4.96. The van der Waals surface area contributed by atoms with Gasteiger partial charge < -0.3 is 10.6 Å². The summed E-state index contributed by atoms with van der Waals surface area (Å²) in [6.07, 6.45) is -1.55. The minimum absolute atomic E-state index is 0.284. The zero-order valence-electron chi connectivity index (χ0n) is 11.1. The van der Waals surface area contributed by atoms with Gasteiger partial charge in [-0.1, -0.05) is 15.9 Å². The van der Waals surface area contributed by atoms with Crippen LogP contribution in [0, 0.1) is 5.92 Å². The molecule has 0 spiro atoms. The van der Waals surface area contributed by atoms with E-state index >= 15 is 0 Å². The first-order valence-electron chi connectivity index (χ1n) is 6.73. The molecule has 1 fully saturated rings. The Morgan fingerprint density at radius 1 is 1.25 bits per heavy atom. The lowest BCUT2D eigenvalue weighted by Crippen LogP contribution is -2.35. The maximum Gasteiger partial charge on any atom is 0.418 e. The molecule has 20 heavy (non-hydrogen) atoms. The van der Waals surface area contributed by atoms with Gasteiger partial charge in [-0.2, -0.15) is 13.2 Å². The standard InChI is InChI=1S/C14H18BrF3N2/c15-11-1-2-13(12(9-11)14(16,17)18)20-7-4-10(3-6-19)5-8-20/h1-2,9-10H,3-8,19H2. The molecule has 2 N–H and O–H groups in total. The highest BCUT2D eigenvalue weighted by atomic mass is 79.9. The van der Waals surface area contributed by atoms with Crippen molar-refractivity contribution in [1.82, 2.24) is 0 Å². The number of nitrogens with zero attached hydrogens (tertiary/aromatic N) is 1. The van der Waals surface area contributed by atoms with Crippen molar-refractivity contribution < 1.29 is 13.2 Å². The van der Waals surface area contributed by atoms with Crippen LogP contribution in [-0.4, -0.2) is 19.6 Å². The van der Waals surface area contributed by atoms with E-state index in [0.717, 1.165) is 25.3 Å². The molecule has 0 aliphatic carbocycles. The van der Waals surface area contributed by atoms with Gasteiger partial charge in [-0.3, -0.25) is 0 Å². The van der Waals surface area contributed by atoms with Gasteiger partial charge in [0.25, 0.3) is 0 Å². The van der Waals surface area contributed by atoms with Gasteiger partial charge in [0.1, 0.15) is 0 Å². The molecule has 0 saturated carbocycles. The summed E-state index contributed by atoms with van der Waals surface area (Å²) in [6, 6.07) is 4.37. The van der Waals surface area contributed by atoms with Gasteiger partial charge in [-0.25, -0.2) is 0 Å². The van der Waals surface area contributed by atoms with Crippen molar-refractivity contribution in [3.05, 3.63) is 28.2 Å². The highest BCUT2D eigenvalue weighted by molar-refractivity contribution is 9.10. The Bertz CT molecular complexity index is 454. The van der Waals surface area contributed by atoms with Crippen LogP contribution in [0.5, 0.6) is 0 Å². The third-order valence-corrected chi connectivity index (χ3v) is 4.29. The zero-order valence-corrected chi connectivity index (χ0v) is 12.7. The number of halogens is 4. The topological polar surface area (TPSA) is 29.3 Å². The Labute approximate surface area is 125 Å². The fourth-order valence-corrected chi connectivity index (χ4v) is 3.07. The molecule has 112 valence electrons. The van der Waals surface area contributed by atoms with E-state index in [4.69, 9.17) is 5.73 Å².